The standard InChI is InChI=1S/C11H14FNO/c12-10-4-9(6-13-7-10)8-2-1-3-11(14)5-8/h4,6-8,11,14H,1-3,5H2. The van der Waals surface area contributed by atoms with Gasteiger partial charge in [0.25, 0.3) is 0 Å². The van der Waals surface area contributed by atoms with Crippen LogP contribution in [0.5, 0.6) is 0 Å². The Morgan fingerprint density at radius 2 is 2.21 bits per heavy atom. The van der Waals surface area contributed by atoms with Crippen LogP contribution in [0.1, 0.15) is 37.2 Å². The summed E-state index contributed by atoms with van der Waals surface area (Å²) in [6, 6.07) is 1.52. The number of hydrogen-bond donors (Lipinski definition) is 1. The largest absolute Gasteiger partial charge is 0.393 e. The first-order valence-corrected chi connectivity index (χ1v) is 5.04. The van der Waals surface area contributed by atoms with Gasteiger partial charge in [-0.05, 0) is 36.8 Å². The first-order chi connectivity index (χ1) is 6.75. The molecule has 14 heavy (non-hydrogen) atoms. The smallest absolute Gasteiger partial charge is 0.141 e. The molecule has 0 aliphatic heterocycles. The van der Waals surface area contributed by atoms with Gasteiger partial charge in [0.05, 0.1) is 12.3 Å². The molecule has 1 fully saturated rings. The lowest BCUT2D eigenvalue weighted by molar-refractivity contribution is 0.119. The van der Waals surface area contributed by atoms with Crippen molar-refractivity contribution in [1.82, 2.24) is 4.98 Å². The molecule has 0 aromatic carbocycles. The molecular weight excluding hydrogens is 181 g/mol. The highest BCUT2D eigenvalue weighted by Gasteiger charge is 2.21. The first kappa shape index (κ1) is 9.59. The van der Waals surface area contributed by atoms with Crippen molar-refractivity contribution in [3.05, 3.63) is 29.8 Å². The van der Waals surface area contributed by atoms with Gasteiger partial charge in [-0.2, -0.15) is 0 Å². The van der Waals surface area contributed by atoms with Crippen LogP contribution in [0.15, 0.2) is 18.5 Å². The first-order valence-electron chi connectivity index (χ1n) is 5.04. The zero-order valence-electron chi connectivity index (χ0n) is 7.99. The summed E-state index contributed by atoms with van der Waals surface area (Å²) in [7, 11) is 0. The van der Waals surface area contributed by atoms with E-state index in [-0.39, 0.29) is 17.8 Å². The van der Waals surface area contributed by atoms with Crippen LogP contribution in [0.2, 0.25) is 0 Å². The number of pyridine rings is 1. The lowest BCUT2D eigenvalue weighted by Gasteiger charge is -2.25. The predicted octanol–water partition coefficient (Wildman–Crippen LogP) is 2.24. The average molecular weight is 195 g/mol. The summed E-state index contributed by atoms with van der Waals surface area (Å²) < 4.78 is 12.9. The van der Waals surface area contributed by atoms with Crippen molar-refractivity contribution in [2.24, 2.45) is 0 Å². The molecule has 1 N–H and O–H groups in total. The molecule has 1 saturated carbocycles. The van der Waals surface area contributed by atoms with Crippen molar-refractivity contribution in [1.29, 1.82) is 0 Å². The molecule has 0 bridgehead atoms. The average Bonchev–Trinajstić information content (AvgIpc) is 2.18. The molecule has 1 heterocycles. The molecule has 76 valence electrons. The van der Waals surface area contributed by atoms with Crippen molar-refractivity contribution >= 4 is 0 Å². The Kier molecular flexibility index (Phi) is 2.77. The molecule has 0 spiro atoms. The molecular formula is C11H14FNO. The molecule has 2 unspecified atom stereocenters. The zero-order chi connectivity index (χ0) is 9.97. The van der Waals surface area contributed by atoms with Crippen LogP contribution in [0.25, 0.3) is 0 Å². The molecule has 0 saturated heterocycles. The summed E-state index contributed by atoms with van der Waals surface area (Å²) in [5.74, 6) is -0.00971. The quantitative estimate of drug-likeness (QED) is 0.745. The van der Waals surface area contributed by atoms with Crippen LogP contribution in [0, 0.1) is 5.82 Å². The van der Waals surface area contributed by atoms with Crippen molar-refractivity contribution in [2.75, 3.05) is 0 Å². The second-order valence-corrected chi connectivity index (χ2v) is 3.95. The van der Waals surface area contributed by atoms with Crippen LogP contribution in [0.4, 0.5) is 4.39 Å². The SMILES string of the molecule is OC1CCCC(c2cncc(F)c2)C1. The maximum atomic E-state index is 12.9. The second kappa shape index (κ2) is 4.05. The highest BCUT2D eigenvalue weighted by atomic mass is 19.1. The molecule has 2 nitrogen and oxygen atoms in total. The Morgan fingerprint density at radius 1 is 1.36 bits per heavy atom. The second-order valence-electron chi connectivity index (χ2n) is 3.95. The van der Waals surface area contributed by atoms with E-state index in [2.05, 4.69) is 4.98 Å². The number of hydrogen-bond acceptors (Lipinski definition) is 2. The van der Waals surface area contributed by atoms with Gasteiger partial charge in [0.15, 0.2) is 0 Å². The number of aliphatic hydroxyl groups excluding tert-OH is 1. The minimum atomic E-state index is -0.289. The normalized spacial score (nSPS) is 27.6. The van der Waals surface area contributed by atoms with E-state index in [9.17, 15) is 9.50 Å². The lowest BCUT2D eigenvalue weighted by Crippen LogP contribution is -2.18. The Hall–Kier alpha value is -0.960. The summed E-state index contributed by atoms with van der Waals surface area (Å²) in [5.41, 5.74) is 0.920. The molecule has 1 aromatic rings. The van der Waals surface area contributed by atoms with E-state index in [0.29, 0.717) is 0 Å². The third kappa shape index (κ3) is 2.10. The molecule has 2 atom stereocenters. The van der Waals surface area contributed by atoms with Crippen LogP contribution in [0.3, 0.4) is 0 Å². The van der Waals surface area contributed by atoms with E-state index in [4.69, 9.17) is 0 Å². The number of aromatic nitrogens is 1. The summed E-state index contributed by atoms with van der Waals surface area (Å²) in [4.78, 5) is 3.83. The molecule has 2 rings (SSSR count). The van der Waals surface area contributed by atoms with E-state index >= 15 is 0 Å². The van der Waals surface area contributed by atoms with Crippen molar-refractivity contribution in [2.45, 2.75) is 37.7 Å². The zero-order valence-corrected chi connectivity index (χ0v) is 7.99. The molecule has 0 radical (unpaired) electrons. The lowest BCUT2D eigenvalue weighted by atomic mass is 9.83. The highest BCUT2D eigenvalue weighted by molar-refractivity contribution is 5.16. The molecule has 1 aromatic heterocycles. The van der Waals surface area contributed by atoms with Gasteiger partial charge in [-0.3, -0.25) is 4.98 Å². The Balaban J connectivity index is 2.14. The van der Waals surface area contributed by atoms with Crippen molar-refractivity contribution in [3.63, 3.8) is 0 Å². The van der Waals surface area contributed by atoms with E-state index in [0.717, 1.165) is 31.2 Å². The van der Waals surface area contributed by atoms with Gasteiger partial charge in [-0.1, -0.05) is 6.42 Å². The van der Waals surface area contributed by atoms with E-state index in [1.54, 1.807) is 6.20 Å². The number of rotatable bonds is 1. The van der Waals surface area contributed by atoms with Gasteiger partial charge in [-0.15, -0.1) is 0 Å². The summed E-state index contributed by atoms with van der Waals surface area (Å²) in [5, 5.41) is 9.50. The minimum Gasteiger partial charge on any atom is -0.393 e. The van der Waals surface area contributed by atoms with Gasteiger partial charge in [0, 0.05) is 6.20 Å². The summed E-state index contributed by atoms with van der Waals surface area (Å²) in [6.45, 7) is 0. The predicted molar refractivity (Wildman–Crippen MR) is 51.4 cm³/mol. The van der Waals surface area contributed by atoms with Crippen LogP contribution in [-0.4, -0.2) is 16.2 Å². The minimum absolute atomic E-state index is 0.225. The molecule has 0 amide bonds. The molecule has 1 aliphatic carbocycles. The maximum absolute atomic E-state index is 12.9. The fourth-order valence-electron chi connectivity index (χ4n) is 2.12. The number of nitrogens with zero attached hydrogens (tertiary/aromatic N) is 1. The Morgan fingerprint density at radius 3 is 2.93 bits per heavy atom. The van der Waals surface area contributed by atoms with Crippen molar-refractivity contribution < 1.29 is 9.50 Å². The van der Waals surface area contributed by atoms with Crippen LogP contribution >= 0.6 is 0 Å². The van der Waals surface area contributed by atoms with Gasteiger partial charge < -0.3 is 5.11 Å². The van der Waals surface area contributed by atoms with E-state index < -0.39 is 0 Å². The van der Waals surface area contributed by atoms with Gasteiger partial charge in [0.2, 0.25) is 0 Å². The number of aliphatic hydroxyl groups is 1. The third-order valence-electron chi connectivity index (χ3n) is 2.84. The molecule has 1 aliphatic rings. The van der Waals surface area contributed by atoms with Gasteiger partial charge in [-0.25, -0.2) is 4.39 Å². The number of halogens is 1. The van der Waals surface area contributed by atoms with Crippen LogP contribution in [-0.2, 0) is 0 Å². The molecule has 3 heteroatoms. The summed E-state index contributed by atoms with van der Waals surface area (Å²) >= 11 is 0. The van der Waals surface area contributed by atoms with E-state index in [1.165, 1.54) is 12.3 Å². The highest BCUT2D eigenvalue weighted by Crippen LogP contribution is 2.32. The topological polar surface area (TPSA) is 33.1 Å². The summed E-state index contributed by atoms with van der Waals surface area (Å²) in [6.07, 6.45) is 6.35. The fraction of sp³-hybridized carbons (Fsp3) is 0.545. The van der Waals surface area contributed by atoms with Crippen LogP contribution < -0.4 is 0 Å². The van der Waals surface area contributed by atoms with E-state index in [1.807, 2.05) is 0 Å². The fourth-order valence-corrected chi connectivity index (χ4v) is 2.12. The van der Waals surface area contributed by atoms with Gasteiger partial charge in [0.1, 0.15) is 5.82 Å². The third-order valence-corrected chi connectivity index (χ3v) is 2.84. The Labute approximate surface area is 82.8 Å². The Bertz CT molecular complexity index is 316. The van der Waals surface area contributed by atoms with Gasteiger partial charge >= 0.3 is 0 Å². The maximum Gasteiger partial charge on any atom is 0.141 e. The monoisotopic (exact) mass is 195 g/mol. The van der Waals surface area contributed by atoms with Crippen molar-refractivity contribution in [3.8, 4) is 0 Å².